The van der Waals surface area contributed by atoms with Crippen molar-refractivity contribution in [1.82, 2.24) is 5.32 Å². The van der Waals surface area contributed by atoms with Gasteiger partial charge in [0.05, 0.1) is 7.11 Å². The number of esters is 1. The molecule has 1 rings (SSSR count). The molecule has 0 spiro atoms. The van der Waals surface area contributed by atoms with Gasteiger partial charge in [-0.2, -0.15) is 0 Å². The Labute approximate surface area is 114 Å². The van der Waals surface area contributed by atoms with Gasteiger partial charge in [0.25, 0.3) is 0 Å². The zero-order chi connectivity index (χ0) is 14.6. The van der Waals surface area contributed by atoms with E-state index in [1.54, 1.807) is 19.1 Å². The van der Waals surface area contributed by atoms with Crippen LogP contribution in [0.5, 0.6) is 0 Å². The standard InChI is InChI=1S/C15H22FNO2/c1-10-8-11(6-7-12(10)16)9-17-13(14(18)19-5)15(2,3)4/h6-8,13,17H,9H2,1-5H3. The molecule has 0 fully saturated rings. The van der Waals surface area contributed by atoms with Crippen molar-refractivity contribution >= 4 is 5.97 Å². The van der Waals surface area contributed by atoms with E-state index in [1.807, 2.05) is 20.8 Å². The van der Waals surface area contributed by atoms with Crippen LogP contribution in [-0.2, 0) is 16.1 Å². The van der Waals surface area contributed by atoms with E-state index in [9.17, 15) is 9.18 Å². The minimum atomic E-state index is -0.400. The second kappa shape index (κ2) is 6.15. The third-order valence-electron chi connectivity index (χ3n) is 3.04. The normalized spacial score (nSPS) is 13.2. The summed E-state index contributed by atoms with van der Waals surface area (Å²) >= 11 is 0. The van der Waals surface area contributed by atoms with Gasteiger partial charge < -0.3 is 4.74 Å². The summed E-state index contributed by atoms with van der Waals surface area (Å²) in [5.41, 5.74) is 1.30. The molecule has 0 aliphatic heterocycles. The Morgan fingerprint density at radius 1 is 1.42 bits per heavy atom. The molecule has 0 aliphatic rings. The lowest BCUT2D eigenvalue weighted by molar-refractivity contribution is -0.146. The number of carbonyl (C=O) groups excluding carboxylic acids is 1. The fourth-order valence-electron chi connectivity index (χ4n) is 1.90. The van der Waals surface area contributed by atoms with E-state index in [4.69, 9.17) is 4.74 Å². The second-order valence-electron chi connectivity index (χ2n) is 5.79. The summed E-state index contributed by atoms with van der Waals surface area (Å²) in [6.45, 7) is 8.13. The number of nitrogens with one attached hydrogen (secondary N) is 1. The molecule has 4 heteroatoms. The SMILES string of the molecule is COC(=O)C(NCc1ccc(F)c(C)c1)C(C)(C)C. The number of carbonyl (C=O) groups is 1. The van der Waals surface area contributed by atoms with E-state index in [-0.39, 0.29) is 17.2 Å². The van der Waals surface area contributed by atoms with Gasteiger partial charge in [-0.1, -0.05) is 32.9 Å². The van der Waals surface area contributed by atoms with Crippen LogP contribution in [0, 0.1) is 18.2 Å². The van der Waals surface area contributed by atoms with Crippen LogP contribution in [0.4, 0.5) is 4.39 Å². The number of hydrogen-bond donors (Lipinski definition) is 1. The Balaban J connectivity index is 2.76. The highest BCUT2D eigenvalue weighted by Crippen LogP contribution is 2.21. The molecule has 0 saturated heterocycles. The molecule has 19 heavy (non-hydrogen) atoms. The topological polar surface area (TPSA) is 38.3 Å². The summed E-state index contributed by atoms with van der Waals surface area (Å²) < 4.78 is 18.0. The molecular weight excluding hydrogens is 245 g/mol. The molecule has 0 aromatic heterocycles. The third kappa shape index (κ3) is 4.31. The van der Waals surface area contributed by atoms with Crippen molar-refractivity contribution < 1.29 is 13.9 Å². The van der Waals surface area contributed by atoms with E-state index in [2.05, 4.69) is 5.32 Å². The average molecular weight is 267 g/mol. The molecule has 1 atom stereocenters. The monoisotopic (exact) mass is 267 g/mol. The van der Waals surface area contributed by atoms with E-state index in [0.29, 0.717) is 12.1 Å². The molecule has 0 amide bonds. The van der Waals surface area contributed by atoms with Gasteiger partial charge >= 0.3 is 5.97 Å². The Kier molecular flexibility index (Phi) is 5.06. The first-order chi connectivity index (χ1) is 8.75. The van der Waals surface area contributed by atoms with E-state index < -0.39 is 6.04 Å². The molecule has 0 saturated carbocycles. The quantitative estimate of drug-likeness (QED) is 0.853. The van der Waals surface area contributed by atoms with E-state index in [1.165, 1.54) is 13.2 Å². The fraction of sp³-hybridized carbons (Fsp3) is 0.533. The predicted octanol–water partition coefficient (Wildman–Crippen LogP) is 2.81. The smallest absolute Gasteiger partial charge is 0.323 e. The van der Waals surface area contributed by atoms with Gasteiger partial charge in [0.1, 0.15) is 11.9 Å². The molecule has 1 unspecified atom stereocenters. The summed E-state index contributed by atoms with van der Waals surface area (Å²) in [5, 5.41) is 3.18. The number of halogens is 1. The number of aryl methyl sites for hydroxylation is 1. The zero-order valence-electron chi connectivity index (χ0n) is 12.2. The molecule has 0 bridgehead atoms. The lowest BCUT2D eigenvalue weighted by Crippen LogP contribution is -2.46. The van der Waals surface area contributed by atoms with Crippen molar-refractivity contribution in [3.05, 3.63) is 35.1 Å². The fourth-order valence-corrected chi connectivity index (χ4v) is 1.90. The van der Waals surface area contributed by atoms with Crippen LogP contribution >= 0.6 is 0 Å². The Hall–Kier alpha value is -1.42. The average Bonchev–Trinajstić information content (AvgIpc) is 2.31. The summed E-state index contributed by atoms with van der Waals surface area (Å²) in [4.78, 5) is 11.8. The highest BCUT2D eigenvalue weighted by atomic mass is 19.1. The van der Waals surface area contributed by atoms with E-state index in [0.717, 1.165) is 5.56 Å². The molecule has 0 aliphatic carbocycles. The van der Waals surface area contributed by atoms with Crippen LogP contribution in [0.25, 0.3) is 0 Å². The molecule has 106 valence electrons. The first-order valence-electron chi connectivity index (χ1n) is 6.32. The Bertz CT molecular complexity index is 452. The highest BCUT2D eigenvalue weighted by molar-refractivity contribution is 5.76. The second-order valence-corrected chi connectivity index (χ2v) is 5.79. The summed E-state index contributed by atoms with van der Waals surface area (Å²) in [7, 11) is 1.38. The largest absolute Gasteiger partial charge is 0.468 e. The maximum absolute atomic E-state index is 13.2. The van der Waals surface area contributed by atoms with Crippen LogP contribution in [-0.4, -0.2) is 19.1 Å². The number of ether oxygens (including phenoxy) is 1. The number of hydrogen-bond acceptors (Lipinski definition) is 3. The van der Waals surface area contributed by atoms with Gasteiger partial charge in [-0.3, -0.25) is 10.1 Å². The van der Waals surface area contributed by atoms with Crippen LogP contribution in [0.1, 0.15) is 31.9 Å². The van der Waals surface area contributed by atoms with E-state index >= 15 is 0 Å². The molecule has 3 nitrogen and oxygen atoms in total. The number of methoxy groups -OCH3 is 1. The van der Waals surface area contributed by atoms with Gasteiger partial charge in [0.15, 0.2) is 0 Å². The maximum atomic E-state index is 13.2. The summed E-state index contributed by atoms with van der Waals surface area (Å²) in [6, 6.07) is 4.53. The number of benzene rings is 1. The highest BCUT2D eigenvalue weighted by Gasteiger charge is 2.31. The van der Waals surface area contributed by atoms with Crippen molar-refractivity contribution in [3.63, 3.8) is 0 Å². The van der Waals surface area contributed by atoms with Crippen LogP contribution < -0.4 is 5.32 Å². The molecule has 1 aromatic carbocycles. The molecule has 1 N–H and O–H groups in total. The predicted molar refractivity (Wildman–Crippen MR) is 73.2 cm³/mol. The van der Waals surface area contributed by atoms with Gasteiger partial charge in [0.2, 0.25) is 0 Å². The third-order valence-corrected chi connectivity index (χ3v) is 3.04. The lowest BCUT2D eigenvalue weighted by atomic mass is 9.86. The molecule has 1 aromatic rings. The van der Waals surface area contributed by atoms with Gasteiger partial charge in [0, 0.05) is 6.54 Å². The van der Waals surface area contributed by atoms with Crippen molar-refractivity contribution in [2.45, 2.75) is 40.3 Å². The van der Waals surface area contributed by atoms with Crippen LogP contribution in [0.15, 0.2) is 18.2 Å². The Morgan fingerprint density at radius 2 is 2.05 bits per heavy atom. The molecule has 0 heterocycles. The van der Waals surface area contributed by atoms with Crippen molar-refractivity contribution in [3.8, 4) is 0 Å². The molecular formula is C15H22FNO2. The molecule has 0 radical (unpaired) electrons. The summed E-state index contributed by atoms with van der Waals surface area (Å²) in [5.74, 6) is -0.504. The van der Waals surface area contributed by atoms with Gasteiger partial charge in [-0.05, 0) is 29.5 Å². The van der Waals surface area contributed by atoms with Crippen molar-refractivity contribution in [1.29, 1.82) is 0 Å². The van der Waals surface area contributed by atoms with Crippen LogP contribution in [0.2, 0.25) is 0 Å². The summed E-state index contributed by atoms with van der Waals surface area (Å²) in [6.07, 6.45) is 0. The van der Waals surface area contributed by atoms with Crippen molar-refractivity contribution in [2.75, 3.05) is 7.11 Å². The minimum Gasteiger partial charge on any atom is -0.468 e. The first kappa shape index (κ1) is 15.6. The Morgan fingerprint density at radius 3 is 2.53 bits per heavy atom. The lowest BCUT2D eigenvalue weighted by Gasteiger charge is -2.29. The van der Waals surface area contributed by atoms with Crippen molar-refractivity contribution in [2.24, 2.45) is 5.41 Å². The number of rotatable bonds is 4. The van der Waals surface area contributed by atoms with Gasteiger partial charge in [-0.15, -0.1) is 0 Å². The first-order valence-corrected chi connectivity index (χ1v) is 6.32. The van der Waals surface area contributed by atoms with Crippen LogP contribution in [0.3, 0.4) is 0 Å². The van der Waals surface area contributed by atoms with Gasteiger partial charge in [-0.25, -0.2) is 4.39 Å². The minimum absolute atomic E-state index is 0.218. The zero-order valence-corrected chi connectivity index (χ0v) is 12.2. The maximum Gasteiger partial charge on any atom is 0.323 e.